The number of benzene rings is 1. The van der Waals surface area contributed by atoms with E-state index in [0.29, 0.717) is 11.3 Å². The van der Waals surface area contributed by atoms with Gasteiger partial charge in [0.25, 0.3) is 0 Å². The summed E-state index contributed by atoms with van der Waals surface area (Å²) in [6.07, 6.45) is 0. The zero-order chi connectivity index (χ0) is 9.14. The number of carbonyl (C=O) groups excluding carboxylic acids is 1. The Morgan fingerprint density at radius 2 is 2.25 bits per heavy atom. The molecule has 0 aliphatic rings. The summed E-state index contributed by atoms with van der Waals surface area (Å²) in [6.45, 7) is 0. The fourth-order valence-corrected chi connectivity index (χ4v) is 1.31. The minimum Gasteiger partial charge on any atom is -0.398 e. The Hall–Kier alpha value is -0.540. The van der Waals surface area contributed by atoms with Crippen LogP contribution in [0.4, 0.5) is 5.69 Å². The lowest BCUT2D eigenvalue weighted by Gasteiger charge is -2.00. The van der Waals surface area contributed by atoms with Crippen molar-refractivity contribution in [2.75, 3.05) is 11.6 Å². The second-order valence-corrected chi connectivity index (χ2v) is 3.41. The smallest absolute Gasteiger partial charge is 0.177 e. The third kappa shape index (κ3) is 1.99. The number of alkyl halides is 1. The Kier molecular flexibility index (Phi) is 3.12. The summed E-state index contributed by atoms with van der Waals surface area (Å²) in [7, 11) is 0. The highest BCUT2D eigenvalue weighted by Gasteiger charge is 2.05. The molecule has 0 aliphatic carbocycles. The largest absolute Gasteiger partial charge is 0.398 e. The van der Waals surface area contributed by atoms with Gasteiger partial charge in [-0.3, -0.25) is 4.79 Å². The molecule has 64 valence electrons. The van der Waals surface area contributed by atoms with Gasteiger partial charge in [-0.05, 0) is 34.1 Å². The fourth-order valence-electron chi connectivity index (χ4n) is 0.778. The highest BCUT2D eigenvalue weighted by Crippen LogP contribution is 2.20. The summed E-state index contributed by atoms with van der Waals surface area (Å²) < 4.78 is 0.721. The minimum absolute atomic E-state index is 0.00361. The Morgan fingerprint density at radius 3 is 2.75 bits per heavy atom. The van der Waals surface area contributed by atoms with E-state index in [4.69, 9.17) is 17.3 Å². The Bertz CT molecular complexity index is 314. The van der Waals surface area contributed by atoms with Crippen molar-refractivity contribution in [1.29, 1.82) is 0 Å². The van der Waals surface area contributed by atoms with E-state index >= 15 is 0 Å². The molecule has 0 heterocycles. The number of nitrogen functional groups attached to an aromatic ring is 1. The molecule has 0 radical (unpaired) electrons. The van der Waals surface area contributed by atoms with E-state index < -0.39 is 0 Å². The predicted octanol–water partition coefficient (Wildman–Crippen LogP) is 2.45. The van der Waals surface area contributed by atoms with Gasteiger partial charge >= 0.3 is 0 Å². The van der Waals surface area contributed by atoms with E-state index in [9.17, 15) is 4.79 Å². The molecular weight excluding hydrogens is 241 g/mol. The summed E-state index contributed by atoms with van der Waals surface area (Å²) in [5, 5.41) is 0. The van der Waals surface area contributed by atoms with E-state index in [-0.39, 0.29) is 11.7 Å². The number of Topliss-reactive ketones (excluding diaryl/α,β-unsaturated/α-hetero) is 1. The van der Waals surface area contributed by atoms with Crippen LogP contribution in [0.1, 0.15) is 10.4 Å². The number of rotatable bonds is 2. The van der Waals surface area contributed by atoms with Crippen LogP contribution in [0, 0.1) is 0 Å². The van der Waals surface area contributed by atoms with Crippen LogP contribution >= 0.6 is 27.5 Å². The molecule has 2 nitrogen and oxygen atoms in total. The molecule has 0 unspecified atom stereocenters. The molecule has 0 aromatic heterocycles. The van der Waals surface area contributed by atoms with E-state index in [1.54, 1.807) is 18.2 Å². The topological polar surface area (TPSA) is 43.1 Å². The van der Waals surface area contributed by atoms with Crippen molar-refractivity contribution < 1.29 is 4.79 Å². The maximum atomic E-state index is 11.1. The second-order valence-electron chi connectivity index (χ2n) is 2.29. The van der Waals surface area contributed by atoms with Gasteiger partial charge < -0.3 is 5.73 Å². The average Bonchev–Trinajstić information content (AvgIpc) is 2.08. The zero-order valence-electron chi connectivity index (χ0n) is 6.18. The Labute approximate surface area is 83.8 Å². The highest BCUT2D eigenvalue weighted by atomic mass is 79.9. The molecule has 0 bridgehead atoms. The lowest BCUT2D eigenvalue weighted by atomic mass is 10.1. The van der Waals surface area contributed by atoms with Crippen molar-refractivity contribution in [2.45, 2.75) is 0 Å². The summed E-state index contributed by atoms with van der Waals surface area (Å²) in [5.74, 6) is -0.103. The molecule has 0 fully saturated rings. The molecule has 0 spiro atoms. The molecule has 0 saturated heterocycles. The van der Waals surface area contributed by atoms with Crippen LogP contribution < -0.4 is 5.73 Å². The van der Waals surface area contributed by atoms with Crippen molar-refractivity contribution in [3.63, 3.8) is 0 Å². The first-order chi connectivity index (χ1) is 5.65. The van der Waals surface area contributed by atoms with Gasteiger partial charge in [-0.1, -0.05) is 0 Å². The molecule has 0 saturated carbocycles. The summed E-state index contributed by atoms with van der Waals surface area (Å²) in [5.41, 5.74) is 6.73. The first-order valence-electron chi connectivity index (χ1n) is 3.29. The lowest BCUT2D eigenvalue weighted by molar-refractivity contribution is 0.102. The molecular formula is C8H7BrClNO. The van der Waals surface area contributed by atoms with Gasteiger partial charge in [0.15, 0.2) is 5.78 Å². The normalized spacial score (nSPS) is 9.83. The van der Waals surface area contributed by atoms with Gasteiger partial charge in [-0.15, -0.1) is 11.6 Å². The molecule has 1 aromatic carbocycles. The van der Waals surface area contributed by atoms with Crippen LogP contribution in [-0.4, -0.2) is 11.7 Å². The fraction of sp³-hybridized carbons (Fsp3) is 0.125. The van der Waals surface area contributed by atoms with Crippen LogP contribution in [0.2, 0.25) is 0 Å². The van der Waals surface area contributed by atoms with E-state index in [2.05, 4.69) is 15.9 Å². The van der Waals surface area contributed by atoms with Gasteiger partial charge in [0.1, 0.15) is 0 Å². The maximum absolute atomic E-state index is 11.1. The molecule has 0 atom stereocenters. The van der Waals surface area contributed by atoms with Crippen molar-refractivity contribution >= 4 is 39.0 Å². The van der Waals surface area contributed by atoms with Gasteiger partial charge in [0, 0.05) is 15.7 Å². The van der Waals surface area contributed by atoms with Crippen molar-refractivity contribution in [3.8, 4) is 0 Å². The third-order valence-corrected chi connectivity index (χ3v) is 2.37. The Balaban J connectivity index is 3.05. The monoisotopic (exact) mass is 247 g/mol. The summed E-state index contributed by atoms with van der Waals surface area (Å²) in [4.78, 5) is 11.1. The SMILES string of the molecule is Nc1ccc(C(=O)CCl)cc1Br. The molecule has 1 rings (SSSR count). The van der Waals surface area contributed by atoms with Crippen LogP contribution in [0.15, 0.2) is 22.7 Å². The molecule has 4 heteroatoms. The van der Waals surface area contributed by atoms with Gasteiger partial charge in [-0.2, -0.15) is 0 Å². The van der Waals surface area contributed by atoms with E-state index in [1.165, 1.54) is 0 Å². The summed E-state index contributed by atoms with van der Waals surface area (Å²) >= 11 is 8.61. The van der Waals surface area contributed by atoms with Gasteiger partial charge in [-0.25, -0.2) is 0 Å². The number of nitrogens with two attached hydrogens (primary N) is 1. The van der Waals surface area contributed by atoms with Crippen molar-refractivity contribution in [2.24, 2.45) is 0 Å². The van der Waals surface area contributed by atoms with Crippen molar-refractivity contribution in [3.05, 3.63) is 28.2 Å². The number of anilines is 1. The third-order valence-electron chi connectivity index (χ3n) is 1.44. The van der Waals surface area contributed by atoms with E-state index in [0.717, 1.165) is 4.47 Å². The highest BCUT2D eigenvalue weighted by molar-refractivity contribution is 9.10. The number of halogens is 2. The summed E-state index contributed by atoms with van der Waals surface area (Å²) in [6, 6.07) is 4.99. The number of hydrogen-bond acceptors (Lipinski definition) is 2. The lowest BCUT2D eigenvalue weighted by Crippen LogP contribution is -2.00. The number of hydrogen-bond donors (Lipinski definition) is 1. The zero-order valence-corrected chi connectivity index (χ0v) is 8.52. The minimum atomic E-state index is -0.0997. The average molecular weight is 249 g/mol. The van der Waals surface area contributed by atoms with Crippen molar-refractivity contribution in [1.82, 2.24) is 0 Å². The first kappa shape index (κ1) is 9.55. The molecule has 0 aliphatic heterocycles. The quantitative estimate of drug-likeness (QED) is 0.496. The van der Waals surface area contributed by atoms with Crippen LogP contribution in [0.3, 0.4) is 0 Å². The molecule has 1 aromatic rings. The number of carbonyl (C=O) groups is 1. The van der Waals surface area contributed by atoms with E-state index in [1.807, 2.05) is 0 Å². The van der Waals surface area contributed by atoms with Crippen LogP contribution in [0.25, 0.3) is 0 Å². The van der Waals surface area contributed by atoms with Crippen LogP contribution in [0.5, 0.6) is 0 Å². The Morgan fingerprint density at radius 1 is 1.58 bits per heavy atom. The predicted molar refractivity (Wildman–Crippen MR) is 53.6 cm³/mol. The maximum Gasteiger partial charge on any atom is 0.177 e. The van der Waals surface area contributed by atoms with Gasteiger partial charge in [0.2, 0.25) is 0 Å². The second kappa shape index (κ2) is 3.92. The van der Waals surface area contributed by atoms with Gasteiger partial charge in [0.05, 0.1) is 5.88 Å². The van der Waals surface area contributed by atoms with Crippen LogP contribution in [-0.2, 0) is 0 Å². The number of ketones is 1. The first-order valence-corrected chi connectivity index (χ1v) is 4.62. The standard InChI is InChI=1S/C8H7BrClNO/c9-6-3-5(8(12)4-10)1-2-7(6)11/h1-3H,4,11H2. The molecule has 0 amide bonds. The molecule has 2 N–H and O–H groups in total. The molecule has 12 heavy (non-hydrogen) atoms.